The van der Waals surface area contributed by atoms with Crippen molar-refractivity contribution in [2.45, 2.75) is 19.3 Å². The van der Waals surface area contributed by atoms with E-state index in [2.05, 4.69) is 10.6 Å². The van der Waals surface area contributed by atoms with Crippen LogP contribution in [0.3, 0.4) is 0 Å². The molecule has 29 heavy (non-hydrogen) atoms. The molecule has 3 amide bonds. The number of rotatable bonds is 8. The molecular formula is C22H22N2O5. The second kappa shape index (κ2) is 9.14. The Balaban J connectivity index is 1.55. The molecule has 3 rings (SSSR count). The van der Waals surface area contributed by atoms with Crippen molar-refractivity contribution in [1.82, 2.24) is 10.6 Å². The van der Waals surface area contributed by atoms with Crippen molar-refractivity contribution in [3.63, 3.8) is 0 Å². The topological polar surface area (TPSA) is 113 Å². The van der Waals surface area contributed by atoms with Gasteiger partial charge in [-0.15, -0.1) is 0 Å². The Hall–Kier alpha value is -3.48. The summed E-state index contributed by atoms with van der Waals surface area (Å²) in [6.07, 6.45) is 0.939. The van der Waals surface area contributed by atoms with Crippen molar-refractivity contribution in [2.24, 2.45) is 11.8 Å². The number of carboxylic acid groups (broad SMARTS) is 1. The first-order valence-electron chi connectivity index (χ1n) is 9.40. The molecule has 1 aliphatic heterocycles. The van der Waals surface area contributed by atoms with Crippen LogP contribution in [0.5, 0.6) is 0 Å². The molecule has 0 radical (unpaired) electrons. The molecule has 1 aliphatic rings. The zero-order valence-corrected chi connectivity index (χ0v) is 15.8. The number of nitrogens with one attached hydrogen (secondary N) is 2. The zero-order chi connectivity index (χ0) is 20.8. The number of carbonyl (C=O) groups excluding carboxylic acids is 3. The summed E-state index contributed by atoms with van der Waals surface area (Å²) in [5.74, 6) is -2.96. The van der Waals surface area contributed by atoms with Crippen LogP contribution in [0, 0.1) is 11.8 Å². The summed E-state index contributed by atoms with van der Waals surface area (Å²) < 4.78 is 0. The van der Waals surface area contributed by atoms with Crippen LogP contribution in [0.1, 0.15) is 27.9 Å². The van der Waals surface area contributed by atoms with E-state index in [0.717, 1.165) is 11.1 Å². The molecule has 0 aromatic heterocycles. The summed E-state index contributed by atoms with van der Waals surface area (Å²) in [5, 5.41) is 14.4. The summed E-state index contributed by atoms with van der Waals surface area (Å²) in [7, 11) is 0. The van der Waals surface area contributed by atoms with Crippen LogP contribution in [0.15, 0.2) is 54.6 Å². The summed E-state index contributed by atoms with van der Waals surface area (Å²) in [6, 6.07) is 16.0. The molecule has 2 unspecified atom stereocenters. The van der Waals surface area contributed by atoms with Gasteiger partial charge in [0, 0.05) is 18.5 Å². The van der Waals surface area contributed by atoms with Crippen molar-refractivity contribution < 1.29 is 24.3 Å². The summed E-state index contributed by atoms with van der Waals surface area (Å²) in [4.78, 5) is 46.8. The molecule has 2 aromatic rings. The van der Waals surface area contributed by atoms with E-state index in [1.165, 1.54) is 0 Å². The van der Waals surface area contributed by atoms with Crippen molar-refractivity contribution in [1.29, 1.82) is 0 Å². The fourth-order valence-corrected chi connectivity index (χ4v) is 3.31. The number of hydrogen-bond donors (Lipinski definition) is 3. The van der Waals surface area contributed by atoms with Gasteiger partial charge in [-0.2, -0.15) is 0 Å². The second-order valence-corrected chi connectivity index (χ2v) is 7.15. The maximum absolute atomic E-state index is 12.4. The third kappa shape index (κ3) is 5.51. The van der Waals surface area contributed by atoms with Crippen LogP contribution in [0.25, 0.3) is 0 Å². The predicted octanol–water partition coefficient (Wildman–Crippen LogP) is 1.57. The maximum atomic E-state index is 12.4. The first kappa shape index (κ1) is 20.3. The lowest BCUT2D eigenvalue weighted by Gasteiger charge is -2.14. The second-order valence-electron chi connectivity index (χ2n) is 7.15. The van der Waals surface area contributed by atoms with E-state index in [4.69, 9.17) is 0 Å². The van der Waals surface area contributed by atoms with Crippen LogP contribution in [0.4, 0.5) is 0 Å². The molecule has 2 aromatic carbocycles. The number of amides is 3. The van der Waals surface area contributed by atoms with Gasteiger partial charge >= 0.3 is 5.97 Å². The summed E-state index contributed by atoms with van der Waals surface area (Å²) >= 11 is 0. The molecule has 1 fully saturated rings. The Kier molecular flexibility index (Phi) is 6.39. The van der Waals surface area contributed by atoms with Gasteiger partial charge in [-0.25, -0.2) is 0 Å². The van der Waals surface area contributed by atoms with Crippen molar-refractivity contribution in [3.8, 4) is 0 Å². The van der Waals surface area contributed by atoms with Gasteiger partial charge in [-0.05, 0) is 36.1 Å². The zero-order valence-electron chi connectivity index (χ0n) is 15.8. The molecule has 150 valence electrons. The normalized spacial score (nSPS) is 16.9. The molecule has 7 heteroatoms. The number of aliphatic carboxylic acids is 1. The molecule has 0 bridgehead atoms. The SMILES string of the molecule is O=C1CC(Cc2ccc(C(=O)NCC(Cc3ccccc3)C(=O)O)cc2)C(=O)N1. The molecule has 3 N–H and O–H groups in total. The average molecular weight is 394 g/mol. The lowest BCUT2D eigenvalue weighted by atomic mass is 9.97. The molecule has 0 spiro atoms. The smallest absolute Gasteiger partial charge is 0.308 e. The van der Waals surface area contributed by atoms with Gasteiger partial charge in [0.1, 0.15) is 0 Å². The lowest BCUT2D eigenvalue weighted by molar-refractivity contribution is -0.141. The third-order valence-corrected chi connectivity index (χ3v) is 4.95. The highest BCUT2D eigenvalue weighted by molar-refractivity contribution is 6.03. The Morgan fingerprint density at radius 2 is 1.72 bits per heavy atom. The van der Waals surface area contributed by atoms with Crippen LogP contribution in [-0.2, 0) is 27.2 Å². The Morgan fingerprint density at radius 3 is 2.31 bits per heavy atom. The lowest BCUT2D eigenvalue weighted by Crippen LogP contribution is -2.34. The van der Waals surface area contributed by atoms with Crippen molar-refractivity contribution >= 4 is 23.7 Å². The number of hydrogen-bond acceptors (Lipinski definition) is 4. The minimum atomic E-state index is -0.964. The highest BCUT2D eigenvalue weighted by Crippen LogP contribution is 2.18. The first-order valence-corrected chi connectivity index (χ1v) is 9.40. The van der Waals surface area contributed by atoms with E-state index in [0.29, 0.717) is 18.4 Å². The third-order valence-electron chi connectivity index (χ3n) is 4.95. The number of carboxylic acids is 1. The standard InChI is InChI=1S/C22H22N2O5/c25-19-12-17(21(27)24-19)10-15-6-8-16(9-7-15)20(26)23-13-18(22(28)29)11-14-4-2-1-3-5-14/h1-9,17-18H,10-13H2,(H,23,26)(H,28,29)(H,24,25,27). The van der Waals surface area contributed by atoms with Gasteiger partial charge in [-0.1, -0.05) is 42.5 Å². The number of imide groups is 1. The van der Waals surface area contributed by atoms with Crippen LogP contribution in [0.2, 0.25) is 0 Å². The quantitative estimate of drug-likeness (QED) is 0.588. The first-order chi connectivity index (χ1) is 13.9. The van der Waals surface area contributed by atoms with E-state index in [1.807, 2.05) is 30.3 Å². The molecule has 2 atom stereocenters. The Bertz CT molecular complexity index is 909. The highest BCUT2D eigenvalue weighted by atomic mass is 16.4. The van der Waals surface area contributed by atoms with Gasteiger partial charge in [0.05, 0.1) is 11.8 Å². The minimum Gasteiger partial charge on any atom is -0.481 e. The van der Waals surface area contributed by atoms with Crippen LogP contribution >= 0.6 is 0 Å². The predicted molar refractivity (Wildman–Crippen MR) is 105 cm³/mol. The Morgan fingerprint density at radius 1 is 1.03 bits per heavy atom. The fourth-order valence-electron chi connectivity index (χ4n) is 3.31. The number of carbonyl (C=O) groups is 4. The van der Waals surface area contributed by atoms with Crippen molar-refractivity contribution in [3.05, 3.63) is 71.3 Å². The molecule has 7 nitrogen and oxygen atoms in total. The molecule has 1 heterocycles. The van der Waals surface area contributed by atoms with Gasteiger partial charge in [0.15, 0.2) is 0 Å². The monoisotopic (exact) mass is 394 g/mol. The molecule has 0 aliphatic carbocycles. The van der Waals surface area contributed by atoms with E-state index in [-0.39, 0.29) is 36.6 Å². The average Bonchev–Trinajstić information content (AvgIpc) is 3.02. The largest absolute Gasteiger partial charge is 0.481 e. The van der Waals surface area contributed by atoms with E-state index < -0.39 is 11.9 Å². The summed E-state index contributed by atoms with van der Waals surface area (Å²) in [5.41, 5.74) is 2.15. The summed E-state index contributed by atoms with van der Waals surface area (Å²) in [6.45, 7) is 0.0230. The van der Waals surface area contributed by atoms with Gasteiger partial charge in [-0.3, -0.25) is 24.5 Å². The fraction of sp³-hybridized carbons (Fsp3) is 0.273. The van der Waals surface area contributed by atoms with E-state index in [9.17, 15) is 24.3 Å². The van der Waals surface area contributed by atoms with Crippen LogP contribution in [-0.4, -0.2) is 35.3 Å². The molecule has 1 saturated heterocycles. The number of benzene rings is 2. The Labute approximate surface area is 168 Å². The minimum absolute atomic E-state index is 0.0230. The maximum Gasteiger partial charge on any atom is 0.308 e. The van der Waals surface area contributed by atoms with E-state index in [1.54, 1.807) is 24.3 Å². The van der Waals surface area contributed by atoms with Gasteiger partial charge < -0.3 is 10.4 Å². The molecular weight excluding hydrogens is 372 g/mol. The van der Waals surface area contributed by atoms with Gasteiger partial charge in [0.25, 0.3) is 5.91 Å². The molecule has 0 saturated carbocycles. The highest BCUT2D eigenvalue weighted by Gasteiger charge is 2.30. The van der Waals surface area contributed by atoms with Crippen molar-refractivity contribution in [2.75, 3.05) is 6.54 Å². The van der Waals surface area contributed by atoms with Gasteiger partial charge in [0.2, 0.25) is 11.8 Å². The van der Waals surface area contributed by atoms with Crippen LogP contribution < -0.4 is 10.6 Å². The van der Waals surface area contributed by atoms with E-state index >= 15 is 0 Å².